The molecule has 0 aliphatic carbocycles. The molecule has 0 spiro atoms. The van der Waals surface area contributed by atoms with E-state index in [9.17, 15) is 0 Å². The summed E-state index contributed by atoms with van der Waals surface area (Å²) in [5.74, 6) is 0.915. The number of benzene rings is 1. The molecular formula is C16H25N3. The van der Waals surface area contributed by atoms with Gasteiger partial charge in [0.2, 0.25) is 0 Å². The maximum Gasteiger partial charge on any atom is 0.0394 e. The lowest BCUT2D eigenvalue weighted by Crippen LogP contribution is -2.47. The van der Waals surface area contributed by atoms with Gasteiger partial charge in [0.05, 0.1) is 0 Å². The highest BCUT2D eigenvalue weighted by Crippen LogP contribution is 2.28. The van der Waals surface area contributed by atoms with Crippen molar-refractivity contribution in [2.45, 2.75) is 32.2 Å². The first kappa shape index (κ1) is 12.8. The Morgan fingerprint density at radius 3 is 2.79 bits per heavy atom. The molecule has 2 aliphatic heterocycles. The second-order valence-electron chi connectivity index (χ2n) is 6.08. The van der Waals surface area contributed by atoms with Gasteiger partial charge in [0.1, 0.15) is 0 Å². The zero-order valence-electron chi connectivity index (χ0n) is 12.1. The molecule has 0 saturated carbocycles. The van der Waals surface area contributed by atoms with Gasteiger partial charge >= 0.3 is 0 Å². The van der Waals surface area contributed by atoms with Gasteiger partial charge in [-0.05, 0) is 56.0 Å². The fourth-order valence-corrected chi connectivity index (χ4v) is 3.28. The minimum Gasteiger partial charge on any atom is -0.388 e. The molecule has 1 aromatic rings. The molecule has 1 saturated heterocycles. The fraction of sp³-hybridized carbons (Fsp3) is 0.625. The highest BCUT2D eigenvalue weighted by Gasteiger charge is 2.26. The third-order valence-corrected chi connectivity index (χ3v) is 4.72. The molecule has 3 heteroatoms. The van der Waals surface area contributed by atoms with Crippen molar-refractivity contribution < 1.29 is 0 Å². The van der Waals surface area contributed by atoms with E-state index in [2.05, 4.69) is 40.7 Å². The summed E-state index contributed by atoms with van der Waals surface area (Å²) in [5.41, 5.74) is 3.97. The van der Waals surface area contributed by atoms with Crippen LogP contribution in [-0.4, -0.2) is 37.6 Å². The SMILES string of the molecule is CNc1ccc2c(c1)NCC(N1CCC(C)CC1)C2. The van der Waals surface area contributed by atoms with Gasteiger partial charge in [0, 0.05) is 31.0 Å². The number of hydrogen-bond acceptors (Lipinski definition) is 3. The molecule has 3 nitrogen and oxygen atoms in total. The lowest BCUT2D eigenvalue weighted by Gasteiger charge is -2.39. The summed E-state index contributed by atoms with van der Waals surface area (Å²) < 4.78 is 0. The largest absolute Gasteiger partial charge is 0.388 e. The third kappa shape index (κ3) is 2.71. The second-order valence-corrected chi connectivity index (χ2v) is 6.08. The number of nitrogens with zero attached hydrogens (tertiary/aromatic N) is 1. The number of fused-ring (bicyclic) bond motifs is 1. The molecule has 2 heterocycles. The number of hydrogen-bond donors (Lipinski definition) is 2. The zero-order chi connectivity index (χ0) is 13.2. The van der Waals surface area contributed by atoms with Gasteiger partial charge in [0.25, 0.3) is 0 Å². The average Bonchev–Trinajstić information content (AvgIpc) is 2.47. The Bertz CT molecular complexity index is 436. The van der Waals surface area contributed by atoms with Crippen LogP contribution in [-0.2, 0) is 6.42 Å². The van der Waals surface area contributed by atoms with Crippen molar-refractivity contribution >= 4 is 11.4 Å². The summed E-state index contributed by atoms with van der Waals surface area (Å²) in [4.78, 5) is 2.68. The van der Waals surface area contributed by atoms with Crippen LogP contribution in [0.25, 0.3) is 0 Å². The van der Waals surface area contributed by atoms with Gasteiger partial charge < -0.3 is 10.6 Å². The summed E-state index contributed by atoms with van der Waals surface area (Å²) >= 11 is 0. The molecule has 3 rings (SSSR count). The van der Waals surface area contributed by atoms with E-state index in [4.69, 9.17) is 0 Å². The number of rotatable bonds is 2. The molecule has 0 amide bonds. The van der Waals surface area contributed by atoms with E-state index in [1.807, 2.05) is 7.05 Å². The minimum absolute atomic E-state index is 0.681. The molecular weight excluding hydrogens is 234 g/mol. The molecule has 1 aromatic carbocycles. The predicted molar refractivity (Wildman–Crippen MR) is 81.9 cm³/mol. The van der Waals surface area contributed by atoms with Crippen LogP contribution in [0.5, 0.6) is 0 Å². The summed E-state index contributed by atoms with van der Waals surface area (Å²) in [5, 5.41) is 6.82. The maximum absolute atomic E-state index is 3.61. The number of nitrogens with one attached hydrogen (secondary N) is 2. The predicted octanol–water partition coefficient (Wildman–Crippen LogP) is 2.80. The lowest BCUT2D eigenvalue weighted by molar-refractivity contribution is 0.141. The normalized spacial score (nSPS) is 24.6. The van der Waals surface area contributed by atoms with Crippen molar-refractivity contribution in [3.05, 3.63) is 23.8 Å². The Kier molecular flexibility index (Phi) is 3.65. The van der Waals surface area contributed by atoms with E-state index in [-0.39, 0.29) is 0 Å². The van der Waals surface area contributed by atoms with Crippen molar-refractivity contribution in [2.24, 2.45) is 5.92 Å². The maximum atomic E-state index is 3.61. The monoisotopic (exact) mass is 259 g/mol. The Morgan fingerprint density at radius 1 is 1.26 bits per heavy atom. The van der Waals surface area contributed by atoms with E-state index < -0.39 is 0 Å². The van der Waals surface area contributed by atoms with Gasteiger partial charge in [-0.25, -0.2) is 0 Å². The number of likely N-dealkylation sites (tertiary alicyclic amines) is 1. The third-order valence-electron chi connectivity index (χ3n) is 4.72. The summed E-state index contributed by atoms with van der Waals surface area (Å²) in [7, 11) is 1.97. The second kappa shape index (κ2) is 5.41. The highest BCUT2D eigenvalue weighted by atomic mass is 15.2. The Morgan fingerprint density at radius 2 is 2.05 bits per heavy atom. The van der Waals surface area contributed by atoms with Crippen molar-refractivity contribution in [2.75, 3.05) is 37.3 Å². The van der Waals surface area contributed by atoms with E-state index in [1.54, 1.807) is 0 Å². The van der Waals surface area contributed by atoms with Crippen LogP contribution < -0.4 is 10.6 Å². The summed E-state index contributed by atoms with van der Waals surface area (Å²) in [6.07, 6.45) is 3.92. The van der Waals surface area contributed by atoms with Crippen LogP contribution in [0.2, 0.25) is 0 Å². The van der Waals surface area contributed by atoms with Crippen molar-refractivity contribution in [1.29, 1.82) is 0 Å². The molecule has 1 unspecified atom stereocenters. The molecule has 0 aromatic heterocycles. The highest BCUT2D eigenvalue weighted by molar-refractivity contribution is 5.62. The van der Waals surface area contributed by atoms with E-state index in [0.29, 0.717) is 6.04 Å². The molecule has 1 atom stereocenters. The van der Waals surface area contributed by atoms with Crippen LogP contribution in [0.3, 0.4) is 0 Å². The van der Waals surface area contributed by atoms with Gasteiger partial charge in [-0.1, -0.05) is 13.0 Å². The standard InChI is InChI=1S/C16H25N3/c1-12-5-7-19(8-6-12)15-9-13-3-4-14(17-2)10-16(13)18-11-15/h3-4,10,12,15,17-18H,5-9,11H2,1-2H3. The van der Waals surface area contributed by atoms with Crippen LogP contribution in [0, 0.1) is 5.92 Å². The van der Waals surface area contributed by atoms with E-state index in [1.165, 1.54) is 49.3 Å². The number of anilines is 2. The molecule has 0 bridgehead atoms. The number of piperidine rings is 1. The molecule has 19 heavy (non-hydrogen) atoms. The van der Waals surface area contributed by atoms with Gasteiger partial charge in [-0.15, -0.1) is 0 Å². The van der Waals surface area contributed by atoms with Crippen LogP contribution in [0.1, 0.15) is 25.3 Å². The van der Waals surface area contributed by atoms with E-state index in [0.717, 1.165) is 12.5 Å². The topological polar surface area (TPSA) is 27.3 Å². The first-order valence-corrected chi connectivity index (χ1v) is 7.55. The summed E-state index contributed by atoms with van der Waals surface area (Å²) in [6, 6.07) is 7.36. The molecule has 2 N–H and O–H groups in total. The first-order chi connectivity index (χ1) is 9.26. The van der Waals surface area contributed by atoms with Crippen molar-refractivity contribution in [3.63, 3.8) is 0 Å². The Hall–Kier alpha value is -1.22. The van der Waals surface area contributed by atoms with Crippen LogP contribution in [0.4, 0.5) is 11.4 Å². The van der Waals surface area contributed by atoms with Gasteiger partial charge in [0.15, 0.2) is 0 Å². The smallest absolute Gasteiger partial charge is 0.0394 e. The average molecular weight is 259 g/mol. The fourth-order valence-electron chi connectivity index (χ4n) is 3.28. The summed E-state index contributed by atoms with van der Waals surface area (Å²) in [6.45, 7) is 6.02. The minimum atomic E-state index is 0.681. The molecule has 1 fully saturated rings. The lowest BCUT2D eigenvalue weighted by atomic mass is 9.93. The first-order valence-electron chi connectivity index (χ1n) is 7.55. The molecule has 104 valence electrons. The van der Waals surface area contributed by atoms with Gasteiger partial charge in [-0.3, -0.25) is 4.90 Å². The molecule has 2 aliphatic rings. The zero-order valence-corrected chi connectivity index (χ0v) is 12.1. The van der Waals surface area contributed by atoms with E-state index >= 15 is 0 Å². The quantitative estimate of drug-likeness (QED) is 0.855. The Labute approximate surface area is 116 Å². The van der Waals surface area contributed by atoms with Crippen LogP contribution in [0.15, 0.2) is 18.2 Å². The molecule has 0 radical (unpaired) electrons. The Balaban J connectivity index is 1.68. The van der Waals surface area contributed by atoms with Gasteiger partial charge in [-0.2, -0.15) is 0 Å². The van der Waals surface area contributed by atoms with Crippen LogP contribution >= 0.6 is 0 Å². The van der Waals surface area contributed by atoms with Crippen molar-refractivity contribution in [1.82, 2.24) is 4.90 Å². The van der Waals surface area contributed by atoms with Crippen molar-refractivity contribution in [3.8, 4) is 0 Å².